The Hall–Kier alpha value is -1.68. The van der Waals surface area contributed by atoms with Gasteiger partial charge >= 0.3 is 0 Å². The molecule has 3 N–H and O–H groups in total. The van der Waals surface area contributed by atoms with Crippen molar-refractivity contribution in [3.63, 3.8) is 0 Å². The van der Waals surface area contributed by atoms with E-state index in [9.17, 15) is 0 Å². The van der Waals surface area contributed by atoms with Gasteiger partial charge in [-0.1, -0.05) is 38.1 Å². The Kier molecular flexibility index (Phi) is 3.77. The lowest BCUT2D eigenvalue weighted by atomic mass is 9.97. The van der Waals surface area contributed by atoms with Gasteiger partial charge in [-0.05, 0) is 35.7 Å². The highest BCUT2D eigenvalue weighted by atomic mass is 32.1. The molecule has 0 aliphatic carbocycles. The summed E-state index contributed by atoms with van der Waals surface area (Å²) >= 11 is 5.03. The number of rotatable bonds is 3. The average Bonchev–Trinajstić information content (AvgIpc) is 2.37. The summed E-state index contributed by atoms with van der Waals surface area (Å²) in [7, 11) is 0. The maximum atomic E-state index is 5.70. The molecule has 1 atom stereocenters. The molecule has 94 valence electrons. The number of aromatic nitrogens is 2. The van der Waals surface area contributed by atoms with E-state index < -0.39 is 0 Å². The Bertz CT molecular complexity index is 587. The Balaban J connectivity index is 2.37. The van der Waals surface area contributed by atoms with E-state index in [0.717, 1.165) is 17.7 Å². The highest BCUT2D eigenvalue weighted by Gasteiger charge is 2.04. The fourth-order valence-corrected chi connectivity index (χ4v) is 2.07. The molecule has 1 unspecified atom stereocenters. The largest absolute Gasteiger partial charge is 0.384 e. The van der Waals surface area contributed by atoms with Gasteiger partial charge in [-0.25, -0.2) is 4.98 Å². The Labute approximate surface area is 112 Å². The van der Waals surface area contributed by atoms with E-state index >= 15 is 0 Å². The van der Waals surface area contributed by atoms with Gasteiger partial charge in [0.25, 0.3) is 0 Å². The smallest absolute Gasteiger partial charge is 0.199 e. The molecule has 0 aliphatic rings. The molecule has 4 heteroatoms. The minimum Gasteiger partial charge on any atom is -0.384 e. The summed E-state index contributed by atoms with van der Waals surface area (Å²) in [4.78, 5) is 7.01. The zero-order valence-corrected chi connectivity index (χ0v) is 11.4. The highest BCUT2D eigenvalue weighted by Crippen LogP contribution is 2.23. The number of nitrogens with zero attached hydrogens (tertiary/aromatic N) is 1. The summed E-state index contributed by atoms with van der Waals surface area (Å²) in [6, 6.07) is 10.3. The van der Waals surface area contributed by atoms with E-state index in [4.69, 9.17) is 18.0 Å². The molecule has 2 aromatic rings. The predicted octanol–water partition coefficient (Wildman–Crippen LogP) is 3.90. The Morgan fingerprint density at radius 2 is 2.00 bits per heavy atom. The molecule has 0 bridgehead atoms. The number of nitrogens with two attached hydrogens (primary N) is 1. The first-order valence-electron chi connectivity index (χ1n) is 6.07. The molecule has 0 amide bonds. The van der Waals surface area contributed by atoms with Crippen molar-refractivity contribution in [2.45, 2.75) is 26.2 Å². The van der Waals surface area contributed by atoms with E-state index in [2.05, 4.69) is 48.1 Å². The quantitative estimate of drug-likeness (QED) is 0.822. The van der Waals surface area contributed by atoms with Gasteiger partial charge in [0.2, 0.25) is 0 Å². The number of hydrogen-bond acceptors (Lipinski definition) is 3. The summed E-state index contributed by atoms with van der Waals surface area (Å²) in [6.07, 6.45) is 1.14. The number of aromatic amines is 1. The number of nitrogens with one attached hydrogen (secondary N) is 1. The van der Waals surface area contributed by atoms with E-state index in [1.165, 1.54) is 5.56 Å². The monoisotopic (exact) mass is 259 g/mol. The van der Waals surface area contributed by atoms with Crippen LogP contribution in [0.15, 0.2) is 30.3 Å². The summed E-state index contributed by atoms with van der Waals surface area (Å²) < 4.78 is 0.413. The van der Waals surface area contributed by atoms with Crippen LogP contribution in [-0.4, -0.2) is 9.97 Å². The number of anilines is 1. The zero-order valence-electron chi connectivity index (χ0n) is 10.6. The van der Waals surface area contributed by atoms with Crippen LogP contribution in [0.25, 0.3) is 11.3 Å². The maximum absolute atomic E-state index is 5.70. The van der Waals surface area contributed by atoms with E-state index in [1.807, 2.05) is 0 Å². The SMILES string of the molecule is CCC(C)c1ccc(-c2cc(N)nc(=S)[nH]2)cc1. The second-order valence-electron chi connectivity index (χ2n) is 4.46. The minimum absolute atomic E-state index is 0.413. The molecule has 0 spiro atoms. The minimum atomic E-state index is 0.413. The summed E-state index contributed by atoms with van der Waals surface area (Å²) in [5.41, 5.74) is 9.02. The molecule has 1 aromatic carbocycles. The molecule has 0 radical (unpaired) electrons. The van der Waals surface area contributed by atoms with Crippen LogP contribution in [0.5, 0.6) is 0 Å². The molecule has 3 nitrogen and oxygen atoms in total. The van der Waals surface area contributed by atoms with E-state index in [1.54, 1.807) is 6.07 Å². The summed E-state index contributed by atoms with van der Waals surface area (Å²) in [5, 5.41) is 0. The van der Waals surface area contributed by atoms with Gasteiger partial charge < -0.3 is 10.7 Å². The molecular formula is C14H17N3S. The van der Waals surface area contributed by atoms with Crippen LogP contribution in [0, 0.1) is 4.77 Å². The van der Waals surface area contributed by atoms with E-state index in [0.29, 0.717) is 16.5 Å². The molecule has 0 saturated carbocycles. The zero-order chi connectivity index (χ0) is 13.1. The van der Waals surface area contributed by atoms with Crippen molar-refractivity contribution in [1.82, 2.24) is 9.97 Å². The molecule has 2 rings (SSSR count). The number of nitrogen functional groups attached to an aromatic ring is 1. The van der Waals surface area contributed by atoms with Gasteiger partial charge in [0.05, 0.1) is 5.69 Å². The highest BCUT2D eigenvalue weighted by molar-refractivity contribution is 7.71. The van der Waals surface area contributed by atoms with Crippen molar-refractivity contribution in [2.75, 3.05) is 5.73 Å². The fraction of sp³-hybridized carbons (Fsp3) is 0.286. The molecular weight excluding hydrogens is 242 g/mol. The summed E-state index contributed by atoms with van der Waals surface area (Å²) in [6.45, 7) is 4.42. The van der Waals surface area contributed by atoms with Crippen LogP contribution in [0.2, 0.25) is 0 Å². The van der Waals surface area contributed by atoms with Crippen LogP contribution >= 0.6 is 12.2 Å². The normalized spacial score (nSPS) is 12.3. The van der Waals surface area contributed by atoms with Crippen molar-refractivity contribution in [1.29, 1.82) is 0 Å². The van der Waals surface area contributed by atoms with Crippen LogP contribution < -0.4 is 5.73 Å². The Morgan fingerprint density at radius 3 is 2.56 bits per heavy atom. The van der Waals surface area contributed by atoms with Crippen molar-refractivity contribution in [2.24, 2.45) is 0 Å². The van der Waals surface area contributed by atoms with Crippen LogP contribution in [0.3, 0.4) is 0 Å². The van der Waals surface area contributed by atoms with Gasteiger partial charge in [-0.2, -0.15) is 0 Å². The molecule has 0 saturated heterocycles. The first-order chi connectivity index (χ1) is 8.60. The Morgan fingerprint density at radius 1 is 1.33 bits per heavy atom. The second-order valence-corrected chi connectivity index (χ2v) is 4.84. The van der Waals surface area contributed by atoms with Crippen LogP contribution in [-0.2, 0) is 0 Å². The molecule has 18 heavy (non-hydrogen) atoms. The third-order valence-corrected chi connectivity index (χ3v) is 3.36. The first-order valence-corrected chi connectivity index (χ1v) is 6.48. The predicted molar refractivity (Wildman–Crippen MR) is 78.0 cm³/mol. The van der Waals surface area contributed by atoms with Crippen molar-refractivity contribution in [3.8, 4) is 11.3 Å². The van der Waals surface area contributed by atoms with Crippen molar-refractivity contribution < 1.29 is 0 Å². The molecule has 0 fully saturated rings. The van der Waals surface area contributed by atoms with Gasteiger partial charge in [0.1, 0.15) is 5.82 Å². The second kappa shape index (κ2) is 5.31. The van der Waals surface area contributed by atoms with Gasteiger partial charge in [-0.3, -0.25) is 0 Å². The standard InChI is InChI=1S/C14H17N3S/c1-3-9(2)10-4-6-11(7-5-10)12-8-13(15)17-14(18)16-12/h4-9H,3H2,1-2H3,(H3,15,16,17,18). The first kappa shape index (κ1) is 12.8. The maximum Gasteiger partial charge on any atom is 0.199 e. The average molecular weight is 259 g/mol. The third-order valence-electron chi connectivity index (χ3n) is 3.17. The summed E-state index contributed by atoms with van der Waals surface area (Å²) in [5.74, 6) is 1.03. The van der Waals surface area contributed by atoms with Gasteiger partial charge in [0, 0.05) is 6.07 Å². The fourth-order valence-electron chi connectivity index (χ4n) is 1.86. The number of benzene rings is 1. The topological polar surface area (TPSA) is 54.7 Å². The molecule has 1 aromatic heterocycles. The van der Waals surface area contributed by atoms with Crippen LogP contribution in [0.1, 0.15) is 31.7 Å². The number of hydrogen-bond donors (Lipinski definition) is 2. The molecule has 1 heterocycles. The molecule has 0 aliphatic heterocycles. The van der Waals surface area contributed by atoms with Gasteiger partial charge in [-0.15, -0.1) is 0 Å². The lowest BCUT2D eigenvalue weighted by Crippen LogP contribution is -1.95. The van der Waals surface area contributed by atoms with Crippen LogP contribution in [0.4, 0.5) is 5.82 Å². The van der Waals surface area contributed by atoms with E-state index in [-0.39, 0.29) is 0 Å². The van der Waals surface area contributed by atoms with Crippen molar-refractivity contribution >= 4 is 18.0 Å². The third kappa shape index (κ3) is 2.76. The van der Waals surface area contributed by atoms with Gasteiger partial charge in [0.15, 0.2) is 4.77 Å². The van der Waals surface area contributed by atoms with Crippen molar-refractivity contribution in [3.05, 3.63) is 40.7 Å². The lowest BCUT2D eigenvalue weighted by molar-refractivity contribution is 0.734. The lowest BCUT2D eigenvalue weighted by Gasteiger charge is -2.10. The number of H-pyrrole nitrogens is 1.